The number of carbonyl (C=O) groups is 1. The molecule has 1 rings (SSSR count). The lowest BCUT2D eigenvalue weighted by Crippen LogP contribution is -2.46. The third-order valence-electron chi connectivity index (χ3n) is 4.12. The van der Waals surface area contributed by atoms with Crippen molar-refractivity contribution < 1.29 is 18.0 Å². The van der Waals surface area contributed by atoms with Crippen LogP contribution < -0.4 is 10.6 Å². The number of alkyl halides is 3. The lowest BCUT2D eigenvalue weighted by atomic mass is 10.2. The van der Waals surface area contributed by atoms with Crippen LogP contribution in [-0.2, 0) is 4.79 Å². The standard InChI is InChI=1S/C16H30F3N5O.HI/c1-20-15(22-12-14(25)23(2)13-16(17,18)19)21-8-7-11-24-9-5-3-4-6-10-24;/h3-13H2,1-2H3,(H2,20,21,22);1H. The van der Waals surface area contributed by atoms with Gasteiger partial charge in [-0.1, -0.05) is 12.8 Å². The molecule has 1 fully saturated rings. The van der Waals surface area contributed by atoms with Crippen molar-refractivity contribution in [1.82, 2.24) is 20.4 Å². The van der Waals surface area contributed by atoms with Gasteiger partial charge in [0.25, 0.3) is 0 Å². The molecule has 1 aliphatic rings. The molecule has 2 N–H and O–H groups in total. The average molecular weight is 493 g/mol. The van der Waals surface area contributed by atoms with Crippen LogP contribution in [0.2, 0.25) is 0 Å². The third-order valence-corrected chi connectivity index (χ3v) is 4.12. The summed E-state index contributed by atoms with van der Waals surface area (Å²) in [6.45, 7) is 2.52. The first kappa shape index (κ1) is 25.2. The van der Waals surface area contributed by atoms with Gasteiger partial charge in [0.05, 0.1) is 6.54 Å². The molecule has 1 amide bonds. The van der Waals surface area contributed by atoms with Gasteiger partial charge in [0.2, 0.25) is 5.91 Å². The number of nitrogens with zero attached hydrogens (tertiary/aromatic N) is 3. The van der Waals surface area contributed by atoms with Gasteiger partial charge in [-0.3, -0.25) is 9.79 Å². The van der Waals surface area contributed by atoms with Gasteiger partial charge in [0.15, 0.2) is 5.96 Å². The highest BCUT2D eigenvalue weighted by Crippen LogP contribution is 2.15. The molecule has 0 radical (unpaired) electrons. The molecule has 10 heteroatoms. The molecule has 0 aliphatic carbocycles. The maximum Gasteiger partial charge on any atom is 0.406 e. The van der Waals surface area contributed by atoms with E-state index < -0.39 is 18.6 Å². The predicted octanol–water partition coefficient (Wildman–Crippen LogP) is 2.06. The minimum atomic E-state index is -4.39. The maximum atomic E-state index is 12.3. The fourth-order valence-electron chi connectivity index (χ4n) is 2.74. The summed E-state index contributed by atoms with van der Waals surface area (Å²) in [5.74, 6) is -0.213. The lowest BCUT2D eigenvalue weighted by molar-refractivity contribution is -0.157. The smallest absolute Gasteiger partial charge is 0.356 e. The second-order valence-corrected chi connectivity index (χ2v) is 6.33. The van der Waals surface area contributed by atoms with Crippen molar-refractivity contribution in [3.05, 3.63) is 0 Å². The van der Waals surface area contributed by atoms with Crippen LogP contribution in [0.5, 0.6) is 0 Å². The SMILES string of the molecule is CN=C(NCCCN1CCCCCC1)NCC(=O)N(C)CC(F)(F)F.I. The molecule has 0 saturated carbocycles. The largest absolute Gasteiger partial charge is 0.406 e. The Bertz CT molecular complexity index is 427. The molecular weight excluding hydrogens is 462 g/mol. The Kier molecular flexibility index (Phi) is 13.0. The first-order valence-corrected chi connectivity index (χ1v) is 8.79. The van der Waals surface area contributed by atoms with Crippen molar-refractivity contribution >= 4 is 35.8 Å². The van der Waals surface area contributed by atoms with Crippen molar-refractivity contribution in [2.45, 2.75) is 38.3 Å². The van der Waals surface area contributed by atoms with E-state index in [1.807, 2.05) is 0 Å². The van der Waals surface area contributed by atoms with Crippen LogP contribution in [0, 0.1) is 0 Å². The molecule has 0 spiro atoms. The number of aliphatic imine (C=N–C) groups is 1. The molecule has 26 heavy (non-hydrogen) atoms. The minimum absolute atomic E-state index is 0. The van der Waals surface area contributed by atoms with Crippen molar-refractivity contribution in [3.63, 3.8) is 0 Å². The highest BCUT2D eigenvalue weighted by Gasteiger charge is 2.31. The number of hydrogen-bond acceptors (Lipinski definition) is 3. The normalized spacial score (nSPS) is 16.4. The molecule has 0 unspecified atom stereocenters. The number of guanidine groups is 1. The van der Waals surface area contributed by atoms with Gasteiger partial charge in [-0.25, -0.2) is 0 Å². The summed E-state index contributed by atoms with van der Waals surface area (Å²) in [4.78, 5) is 18.8. The third kappa shape index (κ3) is 11.8. The number of likely N-dealkylation sites (N-methyl/N-ethyl adjacent to an activating group) is 1. The zero-order valence-electron chi connectivity index (χ0n) is 15.6. The van der Waals surface area contributed by atoms with Crippen LogP contribution in [0.3, 0.4) is 0 Å². The molecule has 0 bridgehead atoms. The molecule has 6 nitrogen and oxygen atoms in total. The van der Waals surface area contributed by atoms with E-state index in [2.05, 4.69) is 20.5 Å². The van der Waals surface area contributed by atoms with E-state index in [9.17, 15) is 18.0 Å². The number of amides is 1. The van der Waals surface area contributed by atoms with Crippen LogP contribution in [0.25, 0.3) is 0 Å². The van der Waals surface area contributed by atoms with Crippen LogP contribution in [0.4, 0.5) is 13.2 Å². The summed E-state index contributed by atoms with van der Waals surface area (Å²) in [5.41, 5.74) is 0. The molecule has 0 aromatic carbocycles. The molecular formula is C16H31F3IN5O. The summed E-state index contributed by atoms with van der Waals surface area (Å²) >= 11 is 0. The zero-order valence-corrected chi connectivity index (χ0v) is 17.9. The Morgan fingerprint density at radius 2 is 1.77 bits per heavy atom. The second-order valence-electron chi connectivity index (χ2n) is 6.33. The maximum absolute atomic E-state index is 12.3. The molecule has 0 aromatic heterocycles. The molecule has 1 aliphatic heterocycles. The Balaban J connectivity index is 0.00000625. The molecule has 1 saturated heterocycles. The van der Waals surface area contributed by atoms with Crippen molar-refractivity contribution in [1.29, 1.82) is 0 Å². The molecule has 0 atom stereocenters. The fraction of sp³-hybridized carbons (Fsp3) is 0.875. The molecule has 1 heterocycles. The highest BCUT2D eigenvalue weighted by molar-refractivity contribution is 14.0. The van der Waals surface area contributed by atoms with E-state index in [1.54, 1.807) is 7.05 Å². The van der Waals surface area contributed by atoms with Gasteiger partial charge in [-0.15, -0.1) is 24.0 Å². The number of rotatable bonds is 7. The van der Waals surface area contributed by atoms with Crippen molar-refractivity contribution in [3.8, 4) is 0 Å². The number of halogens is 4. The van der Waals surface area contributed by atoms with Gasteiger partial charge in [0, 0.05) is 20.6 Å². The quantitative estimate of drug-likeness (QED) is 0.247. The Morgan fingerprint density at radius 1 is 1.15 bits per heavy atom. The van der Waals surface area contributed by atoms with Crippen molar-refractivity contribution in [2.24, 2.45) is 4.99 Å². The molecule has 154 valence electrons. The van der Waals surface area contributed by atoms with E-state index in [1.165, 1.54) is 25.7 Å². The molecule has 0 aromatic rings. The number of likely N-dealkylation sites (tertiary alicyclic amines) is 1. The van der Waals surface area contributed by atoms with Crippen molar-refractivity contribution in [2.75, 3.05) is 53.4 Å². The first-order valence-electron chi connectivity index (χ1n) is 8.79. The van der Waals surface area contributed by atoms with E-state index in [0.29, 0.717) is 17.4 Å². The van der Waals surface area contributed by atoms with Crippen LogP contribution in [0.15, 0.2) is 4.99 Å². The van der Waals surface area contributed by atoms with Gasteiger partial charge >= 0.3 is 6.18 Å². The number of carbonyl (C=O) groups excluding carboxylic acids is 1. The van der Waals surface area contributed by atoms with E-state index in [0.717, 1.165) is 33.1 Å². The predicted molar refractivity (Wildman–Crippen MR) is 108 cm³/mol. The van der Waals surface area contributed by atoms with Gasteiger partial charge < -0.3 is 20.4 Å². The second kappa shape index (κ2) is 13.4. The summed E-state index contributed by atoms with van der Waals surface area (Å²) in [7, 11) is 2.70. The van der Waals surface area contributed by atoms with Gasteiger partial charge in [0.1, 0.15) is 6.54 Å². The highest BCUT2D eigenvalue weighted by atomic mass is 127. The Labute approximate surface area is 171 Å². The van der Waals surface area contributed by atoms with Crippen LogP contribution in [0.1, 0.15) is 32.1 Å². The first-order chi connectivity index (χ1) is 11.8. The summed E-state index contributed by atoms with van der Waals surface area (Å²) < 4.78 is 36.8. The van der Waals surface area contributed by atoms with Crippen LogP contribution >= 0.6 is 24.0 Å². The fourth-order valence-corrected chi connectivity index (χ4v) is 2.74. The topological polar surface area (TPSA) is 60.0 Å². The van der Waals surface area contributed by atoms with Gasteiger partial charge in [-0.05, 0) is 38.9 Å². The number of nitrogens with one attached hydrogen (secondary N) is 2. The summed E-state index contributed by atoms with van der Waals surface area (Å²) in [5, 5.41) is 5.84. The lowest BCUT2D eigenvalue weighted by Gasteiger charge is -2.21. The minimum Gasteiger partial charge on any atom is -0.356 e. The monoisotopic (exact) mass is 493 g/mol. The summed E-state index contributed by atoms with van der Waals surface area (Å²) in [6.07, 6.45) is 1.68. The van der Waals surface area contributed by atoms with E-state index in [4.69, 9.17) is 0 Å². The Morgan fingerprint density at radius 3 is 2.31 bits per heavy atom. The number of hydrogen-bond donors (Lipinski definition) is 2. The summed E-state index contributed by atoms with van der Waals surface area (Å²) in [6, 6.07) is 0. The van der Waals surface area contributed by atoms with Gasteiger partial charge in [-0.2, -0.15) is 13.2 Å². The van der Waals surface area contributed by atoms with E-state index >= 15 is 0 Å². The Hall–Kier alpha value is -0.780. The zero-order chi connectivity index (χ0) is 18.7. The van der Waals surface area contributed by atoms with E-state index in [-0.39, 0.29) is 30.5 Å². The average Bonchev–Trinajstić information content (AvgIpc) is 2.81. The van der Waals surface area contributed by atoms with Crippen LogP contribution in [-0.4, -0.2) is 81.2 Å².